The van der Waals surface area contributed by atoms with Gasteiger partial charge in [-0.05, 0) is 37.1 Å². The number of rotatable bonds is 7. The van der Waals surface area contributed by atoms with E-state index in [1.54, 1.807) is 18.2 Å². The quantitative estimate of drug-likeness (QED) is 0.721. The third-order valence-electron chi connectivity index (χ3n) is 3.57. The van der Waals surface area contributed by atoms with Gasteiger partial charge in [0.15, 0.2) is 0 Å². The Balaban J connectivity index is 2.06. The van der Waals surface area contributed by atoms with E-state index in [2.05, 4.69) is 10.6 Å². The molecule has 1 unspecified atom stereocenters. The van der Waals surface area contributed by atoms with Crippen molar-refractivity contribution in [2.24, 2.45) is 5.73 Å². The molecule has 0 heterocycles. The number of carbonyl (C=O) groups excluding carboxylic acids is 2. The highest BCUT2D eigenvalue weighted by Gasteiger charge is 2.17. The summed E-state index contributed by atoms with van der Waals surface area (Å²) < 4.78 is 0. The second-order valence-corrected chi connectivity index (χ2v) is 5.89. The molecule has 0 aromatic heterocycles. The molecule has 6 heteroatoms. The fourth-order valence-electron chi connectivity index (χ4n) is 2.19. The molecule has 2 rings (SSSR count). The number of nitrogens with one attached hydrogen (secondary N) is 2. The summed E-state index contributed by atoms with van der Waals surface area (Å²) in [5.41, 5.74) is 7.42. The van der Waals surface area contributed by atoms with E-state index in [-0.39, 0.29) is 0 Å². The van der Waals surface area contributed by atoms with Crippen molar-refractivity contribution in [3.05, 3.63) is 64.7 Å². The van der Waals surface area contributed by atoms with Crippen molar-refractivity contribution < 1.29 is 9.59 Å². The first kappa shape index (κ1) is 17.8. The highest BCUT2D eigenvalue weighted by Crippen LogP contribution is 2.21. The van der Waals surface area contributed by atoms with E-state index in [4.69, 9.17) is 17.3 Å². The minimum atomic E-state index is -0.756. The third-order valence-corrected chi connectivity index (χ3v) is 3.81. The highest BCUT2D eigenvalue weighted by atomic mass is 35.5. The van der Waals surface area contributed by atoms with Gasteiger partial charge in [-0.3, -0.25) is 9.59 Å². The van der Waals surface area contributed by atoms with Crippen molar-refractivity contribution in [3.63, 3.8) is 0 Å². The number of hydrogen-bond acceptors (Lipinski definition) is 3. The number of halogens is 1. The van der Waals surface area contributed by atoms with Gasteiger partial charge in [-0.2, -0.15) is 0 Å². The molecule has 2 aromatic carbocycles. The first-order valence-corrected chi connectivity index (χ1v) is 8.02. The molecular formula is C18H20ClN3O2. The zero-order valence-corrected chi connectivity index (χ0v) is 14.1. The average Bonchev–Trinajstić information content (AvgIpc) is 2.57. The normalized spacial score (nSPS) is 11.6. The Labute approximate surface area is 146 Å². The second kappa shape index (κ2) is 8.36. The molecule has 0 saturated carbocycles. The number of anilines is 1. The molecule has 0 fully saturated rings. The van der Waals surface area contributed by atoms with Crippen LogP contribution in [0.5, 0.6) is 0 Å². The van der Waals surface area contributed by atoms with Gasteiger partial charge in [-0.15, -0.1) is 0 Å². The lowest BCUT2D eigenvalue weighted by molar-refractivity contribution is -0.119. The topological polar surface area (TPSA) is 84.2 Å². The lowest BCUT2D eigenvalue weighted by atomic mass is 10.1. The van der Waals surface area contributed by atoms with Gasteiger partial charge in [0.2, 0.25) is 5.91 Å². The Morgan fingerprint density at radius 3 is 2.54 bits per heavy atom. The molecule has 0 radical (unpaired) electrons. The number of nitrogens with two attached hydrogens (primary N) is 1. The number of amides is 2. The van der Waals surface area contributed by atoms with Crippen LogP contribution >= 0.6 is 11.6 Å². The van der Waals surface area contributed by atoms with Crippen LogP contribution in [0.15, 0.2) is 48.5 Å². The molecule has 2 amide bonds. The summed E-state index contributed by atoms with van der Waals surface area (Å²) in [7, 11) is 0. The number of hydrogen-bond donors (Lipinski definition) is 3. The van der Waals surface area contributed by atoms with Crippen molar-refractivity contribution in [2.45, 2.75) is 19.4 Å². The summed E-state index contributed by atoms with van der Waals surface area (Å²) in [6, 6.07) is 14.3. The second-order valence-electron chi connectivity index (χ2n) is 5.45. The van der Waals surface area contributed by atoms with Crippen molar-refractivity contribution in [2.75, 3.05) is 11.9 Å². The third kappa shape index (κ3) is 4.99. The standard InChI is InChI=1S/C18H20ClN3O2/c1-12(17(20)23)22-18(24)15-11-14(19)7-8-16(15)21-10-9-13-5-3-2-4-6-13/h2-8,11-12,21H,9-10H2,1H3,(H2,20,23)(H,22,24). The maximum Gasteiger partial charge on any atom is 0.254 e. The van der Waals surface area contributed by atoms with Crippen molar-refractivity contribution >= 4 is 29.1 Å². The number of primary amides is 1. The maximum absolute atomic E-state index is 12.3. The van der Waals surface area contributed by atoms with Crippen molar-refractivity contribution in [3.8, 4) is 0 Å². The van der Waals surface area contributed by atoms with Gasteiger partial charge < -0.3 is 16.4 Å². The van der Waals surface area contributed by atoms with Crippen molar-refractivity contribution in [1.82, 2.24) is 5.32 Å². The Kier molecular flexibility index (Phi) is 6.21. The molecule has 0 aliphatic carbocycles. The summed E-state index contributed by atoms with van der Waals surface area (Å²) in [5, 5.41) is 6.24. The van der Waals surface area contributed by atoms with Crippen LogP contribution in [0.1, 0.15) is 22.8 Å². The molecule has 0 spiro atoms. The maximum atomic E-state index is 12.3. The van der Waals surface area contributed by atoms with Gasteiger partial charge in [0.25, 0.3) is 5.91 Å². The average molecular weight is 346 g/mol. The van der Waals surface area contributed by atoms with Gasteiger partial charge in [0, 0.05) is 17.3 Å². The smallest absolute Gasteiger partial charge is 0.254 e. The largest absolute Gasteiger partial charge is 0.384 e. The predicted molar refractivity (Wildman–Crippen MR) is 96.2 cm³/mol. The molecular weight excluding hydrogens is 326 g/mol. The van der Waals surface area contributed by atoms with Gasteiger partial charge in [-0.25, -0.2) is 0 Å². The minimum Gasteiger partial charge on any atom is -0.384 e. The van der Waals surface area contributed by atoms with Crippen LogP contribution in [0.3, 0.4) is 0 Å². The number of carbonyl (C=O) groups is 2. The summed E-state index contributed by atoms with van der Waals surface area (Å²) in [6.45, 7) is 2.20. The summed E-state index contributed by atoms with van der Waals surface area (Å²) >= 11 is 5.99. The van der Waals surface area contributed by atoms with E-state index in [1.807, 2.05) is 30.3 Å². The Bertz CT molecular complexity index is 719. The fourth-order valence-corrected chi connectivity index (χ4v) is 2.36. The van der Waals surface area contributed by atoms with E-state index >= 15 is 0 Å². The fraction of sp³-hybridized carbons (Fsp3) is 0.222. The van der Waals surface area contributed by atoms with E-state index < -0.39 is 17.9 Å². The van der Waals surface area contributed by atoms with E-state index in [0.29, 0.717) is 22.8 Å². The van der Waals surface area contributed by atoms with Gasteiger partial charge in [0.05, 0.1) is 5.56 Å². The lowest BCUT2D eigenvalue weighted by Gasteiger charge is -2.15. The molecule has 24 heavy (non-hydrogen) atoms. The van der Waals surface area contributed by atoms with E-state index in [9.17, 15) is 9.59 Å². The minimum absolute atomic E-state index is 0.378. The SMILES string of the molecule is CC(NC(=O)c1cc(Cl)ccc1NCCc1ccccc1)C(N)=O. The van der Waals surface area contributed by atoms with Crippen LogP contribution in [0.4, 0.5) is 5.69 Å². The summed E-state index contributed by atoms with van der Waals surface area (Å²) in [6.07, 6.45) is 0.822. The van der Waals surface area contributed by atoms with Gasteiger partial charge in [-0.1, -0.05) is 41.9 Å². The molecule has 0 saturated heterocycles. The summed E-state index contributed by atoms with van der Waals surface area (Å²) in [5.74, 6) is -0.991. The molecule has 0 aliphatic rings. The molecule has 0 aliphatic heterocycles. The van der Waals surface area contributed by atoms with Crippen molar-refractivity contribution in [1.29, 1.82) is 0 Å². The monoisotopic (exact) mass is 345 g/mol. The first-order chi connectivity index (χ1) is 11.5. The Morgan fingerprint density at radius 1 is 1.17 bits per heavy atom. The van der Waals surface area contributed by atoms with Crippen LogP contribution in [0, 0.1) is 0 Å². The molecule has 0 bridgehead atoms. The van der Waals surface area contributed by atoms with Crippen LogP contribution in [-0.2, 0) is 11.2 Å². The zero-order valence-electron chi connectivity index (χ0n) is 13.4. The molecule has 126 valence electrons. The first-order valence-electron chi connectivity index (χ1n) is 7.65. The summed E-state index contributed by atoms with van der Waals surface area (Å²) in [4.78, 5) is 23.5. The Hall–Kier alpha value is -2.53. The van der Waals surface area contributed by atoms with E-state index in [1.165, 1.54) is 12.5 Å². The molecule has 5 nitrogen and oxygen atoms in total. The number of benzene rings is 2. The molecule has 1 atom stereocenters. The van der Waals surface area contributed by atoms with Crippen LogP contribution in [-0.4, -0.2) is 24.4 Å². The molecule has 2 aromatic rings. The van der Waals surface area contributed by atoms with Gasteiger partial charge >= 0.3 is 0 Å². The van der Waals surface area contributed by atoms with Gasteiger partial charge in [0.1, 0.15) is 6.04 Å². The predicted octanol–water partition coefficient (Wildman–Crippen LogP) is 2.60. The zero-order chi connectivity index (χ0) is 17.5. The Morgan fingerprint density at radius 2 is 1.88 bits per heavy atom. The molecule has 4 N–H and O–H groups in total. The lowest BCUT2D eigenvalue weighted by Crippen LogP contribution is -2.42. The van der Waals surface area contributed by atoms with Crippen LogP contribution in [0.2, 0.25) is 5.02 Å². The van der Waals surface area contributed by atoms with Crippen LogP contribution in [0.25, 0.3) is 0 Å². The highest BCUT2D eigenvalue weighted by molar-refractivity contribution is 6.31. The van der Waals surface area contributed by atoms with Crippen LogP contribution < -0.4 is 16.4 Å². The van der Waals surface area contributed by atoms with E-state index in [0.717, 1.165) is 6.42 Å².